The lowest BCUT2D eigenvalue weighted by Crippen LogP contribution is -2.13. The second kappa shape index (κ2) is 4.56. The summed E-state index contributed by atoms with van der Waals surface area (Å²) in [5, 5.41) is 7.14. The third-order valence-corrected chi connectivity index (χ3v) is 1.96. The van der Waals surface area contributed by atoms with Crippen LogP contribution in [0.2, 0.25) is 0 Å². The molecular weight excluding hydrogens is 223 g/mol. The number of nitrogens with zero attached hydrogens (tertiary/aromatic N) is 2. The van der Waals surface area contributed by atoms with Crippen molar-refractivity contribution in [3.05, 3.63) is 48.2 Å². The maximum Gasteiger partial charge on any atom is 0.238 e. The molecular formula is C11H9FN4O. The van der Waals surface area contributed by atoms with Crippen molar-refractivity contribution in [1.29, 1.82) is 5.41 Å². The first-order valence-corrected chi connectivity index (χ1v) is 4.75. The molecule has 6 heteroatoms. The van der Waals surface area contributed by atoms with Crippen LogP contribution in [-0.2, 0) is 0 Å². The van der Waals surface area contributed by atoms with Crippen LogP contribution in [0, 0.1) is 11.2 Å². The van der Waals surface area contributed by atoms with Crippen LogP contribution in [0.4, 0.5) is 4.39 Å². The Labute approximate surface area is 96.6 Å². The van der Waals surface area contributed by atoms with E-state index in [1.807, 2.05) is 0 Å². The lowest BCUT2D eigenvalue weighted by Gasteiger charge is -2.05. The van der Waals surface area contributed by atoms with Crippen LogP contribution >= 0.6 is 0 Å². The molecule has 1 aromatic carbocycles. The highest BCUT2D eigenvalue weighted by atomic mass is 19.1. The Balaban J connectivity index is 2.20. The van der Waals surface area contributed by atoms with Crippen LogP contribution in [-0.4, -0.2) is 15.8 Å². The summed E-state index contributed by atoms with van der Waals surface area (Å²) in [6.45, 7) is 0. The average Bonchev–Trinajstić information content (AvgIpc) is 2.33. The van der Waals surface area contributed by atoms with Gasteiger partial charge in [-0.1, -0.05) is 12.1 Å². The van der Waals surface area contributed by atoms with E-state index in [1.54, 1.807) is 12.1 Å². The topological polar surface area (TPSA) is 84.9 Å². The molecule has 86 valence electrons. The average molecular weight is 232 g/mol. The number of nitrogens with two attached hydrogens (primary N) is 1. The Hall–Kier alpha value is -2.50. The summed E-state index contributed by atoms with van der Waals surface area (Å²) in [5.74, 6) is -0.461. The van der Waals surface area contributed by atoms with Gasteiger partial charge in [0.2, 0.25) is 5.88 Å². The van der Waals surface area contributed by atoms with Crippen molar-refractivity contribution in [1.82, 2.24) is 9.97 Å². The number of nitrogens with one attached hydrogen (secondary N) is 1. The Bertz CT molecular complexity index is 541. The number of halogens is 1. The zero-order valence-electron chi connectivity index (χ0n) is 8.72. The molecule has 0 radical (unpaired) electrons. The van der Waals surface area contributed by atoms with Crippen molar-refractivity contribution in [3.8, 4) is 11.6 Å². The van der Waals surface area contributed by atoms with Gasteiger partial charge in [0, 0.05) is 0 Å². The third-order valence-electron chi connectivity index (χ3n) is 1.96. The smallest absolute Gasteiger partial charge is 0.238 e. The monoisotopic (exact) mass is 232 g/mol. The van der Waals surface area contributed by atoms with Crippen LogP contribution in [0.15, 0.2) is 36.7 Å². The molecule has 1 heterocycles. The molecule has 0 aliphatic rings. The first-order chi connectivity index (χ1) is 8.16. The molecule has 0 saturated heterocycles. The second-order valence-electron chi connectivity index (χ2n) is 3.19. The van der Waals surface area contributed by atoms with Gasteiger partial charge in [0.1, 0.15) is 11.5 Å². The molecule has 0 fully saturated rings. The zero-order valence-corrected chi connectivity index (χ0v) is 8.72. The van der Waals surface area contributed by atoms with Gasteiger partial charge >= 0.3 is 0 Å². The molecule has 0 unspecified atom stereocenters. The van der Waals surface area contributed by atoms with E-state index in [1.165, 1.54) is 24.5 Å². The fourth-order valence-electron chi connectivity index (χ4n) is 1.15. The molecule has 17 heavy (non-hydrogen) atoms. The number of nitrogen functional groups attached to an aromatic ring is 1. The number of hydrogen-bond donors (Lipinski definition) is 2. The van der Waals surface area contributed by atoms with Gasteiger partial charge in [-0.2, -0.15) is 0 Å². The van der Waals surface area contributed by atoms with E-state index in [-0.39, 0.29) is 23.2 Å². The number of amidine groups is 1. The minimum atomic E-state index is -0.482. The van der Waals surface area contributed by atoms with E-state index in [4.69, 9.17) is 15.9 Å². The first kappa shape index (κ1) is 11.0. The van der Waals surface area contributed by atoms with Gasteiger partial charge in [-0.15, -0.1) is 0 Å². The lowest BCUT2D eigenvalue weighted by molar-refractivity contribution is 0.425. The molecule has 0 spiro atoms. The SMILES string of the molecule is N=C(N)c1cnc(Oc2ccccc2F)cn1. The Morgan fingerprint density at radius 3 is 2.59 bits per heavy atom. The van der Waals surface area contributed by atoms with Crippen LogP contribution < -0.4 is 10.5 Å². The largest absolute Gasteiger partial charge is 0.434 e. The summed E-state index contributed by atoms with van der Waals surface area (Å²) in [6, 6.07) is 5.98. The Morgan fingerprint density at radius 2 is 2.00 bits per heavy atom. The molecule has 0 aliphatic heterocycles. The second-order valence-corrected chi connectivity index (χ2v) is 3.19. The Morgan fingerprint density at radius 1 is 1.24 bits per heavy atom. The van der Waals surface area contributed by atoms with Gasteiger partial charge in [0.15, 0.2) is 11.6 Å². The quantitative estimate of drug-likeness (QED) is 0.623. The van der Waals surface area contributed by atoms with Crippen molar-refractivity contribution < 1.29 is 9.13 Å². The molecule has 1 aromatic heterocycles. The van der Waals surface area contributed by atoms with Gasteiger partial charge in [-0.05, 0) is 12.1 Å². The number of aromatic nitrogens is 2. The minimum absolute atomic E-state index is 0.0670. The van der Waals surface area contributed by atoms with Crippen molar-refractivity contribution in [3.63, 3.8) is 0 Å². The summed E-state index contributed by atoms with van der Waals surface area (Å²) < 4.78 is 18.4. The van der Waals surface area contributed by atoms with E-state index in [9.17, 15) is 4.39 Å². The van der Waals surface area contributed by atoms with Gasteiger partial charge in [-0.3, -0.25) is 5.41 Å². The van der Waals surface area contributed by atoms with Gasteiger partial charge in [0.05, 0.1) is 12.4 Å². The van der Waals surface area contributed by atoms with E-state index >= 15 is 0 Å². The molecule has 2 aromatic rings. The Kier molecular flexibility index (Phi) is 2.95. The van der Waals surface area contributed by atoms with Crippen LogP contribution in [0.5, 0.6) is 11.6 Å². The molecule has 0 bridgehead atoms. The van der Waals surface area contributed by atoms with Crippen molar-refractivity contribution in [2.45, 2.75) is 0 Å². The van der Waals surface area contributed by atoms with Gasteiger partial charge in [-0.25, -0.2) is 14.4 Å². The summed E-state index contributed by atoms with van der Waals surface area (Å²) in [4.78, 5) is 7.71. The standard InChI is InChI=1S/C11H9FN4O/c12-7-3-1-2-4-9(7)17-10-6-15-8(5-16-10)11(13)14/h1-6H,(H3,13,14). The predicted molar refractivity (Wildman–Crippen MR) is 59.5 cm³/mol. The highest BCUT2D eigenvalue weighted by Crippen LogP contribution is 2.21. The lowest BCUT2D eigenvalue weighted by atomic mass is 10.3. The predicted octanol–water partition coefficient (Wildman–Crippen LogP) is 1.69. The molecule has 3 N–H and O–H groups in total. The number of hydrogen-bond acceptors (Lipinski definition) is 4. The molecule has 0 amide bonds. The van der Waals surface area contributed by atoms with E-state index < -0.39 is 5.82 Å². The summed E-state index contributed by atoms with van der Waals surface area (Å²) in [7, 11) is 0. The van der Waals surface area contributed by atoms with Crippen LogP contribution in [0.25, 0.3) is 0 Å². The maximum absolute atomic E-state index is 13.3. The first-order valence-electron chi connectivity index (χ1n) is 4.75. The maximum atomic E-state index is 13.3. The van der Waals surface area contributed by atoms with Crippen LogP contribution in [0.3, 0.4) is 0 Å². The third kappa shape index (κ3) is 2.54. The molecule has 0 saturated carbocycles. The van der Waals surface area contributed by atoms with Gasteiger partial charge < -0.3 is 10.5 Å². The molecule has 2 rings (SSSR count). The van der Waals surface area contributed by atoms with E-state index in [2.05, 4.69) is 9.97 Å². The number of ether oxygens (including phenoxy) is 1. The normalized spacial score (nSPS) is 9.94. The summed E-state index contributed by atoms with van der Waals surface area (Å²) in [5.41, 5.74) is 5.46. The minimum Gasteiger partial charge on any atom is -0.434 e. The van der Waals surface area contributed by atoms with E-state index in [0.717, 1.165) is 0 Å². The number of benzene rings is 1. The fraction of sp³-hybridized carbons (Fsp3) is 0. The highest BCUT2D eigenvalue weighted by Gasteiger charge is 2.05. The molecule has 5 nitrogen and oxygen atoms in total. The van der Waals surface area contributed by atoms with Crippen molar-refractivity contribution in [2.24, 2.45) is 5.73 Å². The van der Waals surface area contributed by atoms with Crippen LogP contribution in [0.1, 0.15) is 5.69 Å². The summed E-state index contributed by atoms with van der Waals surface area (Å²) in [6.07, 6.45) is 2.57. The van der Waals surface area contributed by atoms with Crippen molar-refractivity contribution in [2.75, 3.05) is 0 Å². The number of para-hydroxylation sites is 1. The molecule has 0 aliphatic carbocycles. The van der Waals surface area contributed by atoms with Crippen molar-refractivity contribution >= 4 is 5.84 Å². The number of rotatable bonds is 3. The van der Waals surface area contributed by atoms with E-state index in [0.29, 0.717) is 0 Å². The highest BCUT2D eigenvalue weighted by molar-refractivity contribution is 5.92. The molecule has 0 atom stereocenters. The van der Waals surface area contributed by atoms with Gasteiger partial charge in [0.25, 0.3) is 0 Å². The zero-order chi connectivity index (χ0) is 12.3. The summed E-state index contributed by atoms with van der Waals surface area (Å²) >= 11 is 0. The fourth-order valence-corrected chi connectivity index (χ4v) is 1.15.